The fraction of sp³-hybridized carbons (Fsp3) is 0.0833. The van der Waals surface area contributed by atoms with Crippen LogP contribution >= 0.6 is 0 Å². The number of halogens is 3. The van der Waals surface area contributed by atoms with Gasteiger partial charge in [-0.3, -0.25) is 0 Å². The van der Waals surface area contributed by atoms with E-state index in [1.165, 1.54) is 6.92 Å². The van der Waals surface area contributed by atoms with Crippen LogP contribution in [0, 0.1) is 24.4 Å². The van der Waals surface area contributed by atoms with E-state index in [-0.39, 0.29) is 17.2 Å². The van der Waals surface area contributed by atoms with Gasteiger partial charge in [0.15, 0.2) is 11.6 Å². The first-order chi connectivity index (χ1) is 9.38. The van der Waals surface area contributed by atoms with Gasteiger partial charge in [0, 0.05) is 18.3 Å². The molecule has 0 aliphatic heterocycles. The molecular formula is C12H8F3N3O2. The second kappa shape index (κ2) is 5.16. The fourth-order valence-corrected chi connectivity index (χ4v) is 1.50. The van der Waals surface area contributed by atoms with E-state index in [1.54, 1.807) is 0 Å². The molecule has 104 valence electrons. The van der Waals surface area contributed by atoms with Gasteiger partial charge in [-0.05, 0) is 6.92 Å². The summed E-state index contributed by atoms with van der Waals surface area (Å²) in [7, 11) is 0. The number of carbonyl (C=O) groups is 1. The predicted molar refractivity (Wildman–Crippen MR) is 63.3 cm³/mol. The van der Waals surface area contributed by atoms with Crippen molar-refractivity contribution in [2.75, 3.05) is 5.32 Å². The number of carboxylic acids is 1. The van der Waals surface area contributed by atoms with Crippen LogP contribution in [-0.4, -0.2) is 21.0 Å². The van der Waals surface area contributed by atoms with Crippen molar-refractivity contribution in [1.82, 2.24) is 9.97 Å². The van der Waals surface area contributed by atoms with Crippen molar-refractivity contribution in [3.05, 3.63) is 47.0 Å². The summed E-state index contributed by atoms with van der Waals surface area (Å²) >= 11 is 0. The summed E-state index contributed by atoms with van der Waals surface area (Å²) < 4.78 is 39.4. The SMILES string of the molecule is Cc1nc(Nc2cc(F)cc(F)c2F)ncc1C(=O)O. The Morgan fingerprint density at radius 1 is 1.30 bits per heavy atom. The molecule has 0 fully saturated rings. The number of carboxylic acid groups (broad SMARTS) is 1. The van der Waals surface area contributed by atoms with Gasteiger partial charge in [-0.15, -0.1) is 0 Å². The van der Waals surface area contributed by atoms with Crippen LogP contribution in [0.25, 0.3) is 0 Å². The summed E-state index contributed by atoms with van der Waals surface area (Å²) in [6.07, 6.45) is 1.01. The lowest BCUT2D eigenvalue weighted by atomic mass is 10.2. The third-order valence-electron chi connectivity index (χ3n) is 2.45. The minimum Gasteiger partial charge on any atom is -0.478 e. The molecule has 0 atom stereocenters. The maximum absolute atomic E-state index is 13.4. The molecule has 1 heterocycles. The molecule has 1 aromatic heterocycles. The van der Waals surface area contributed by atoms with Crippen molar-refractivity contribution >= 4 is 17.6 Å². The summed E-state index contributed by atoms with van der Waals surface area (Å²) in [4.78, 5) is 18.2. The maximum atomic E-state index is 13.4. The van der Waals surface area contributed by atoms with E-state index in [0.29, 0.717) is 6.07 Å². The van der Waals surface area contributed by atoms with Gasteiger partial charge in [0.05, 0.1) is 16.9 Å². The summed E-state index contributed by atoms with van der Waals surface area (Å²) in [6, 6.07) is 1.14. The van der Waals surface area contributed by atoms with Gasteiger partial charge < -0.3 is 10.4 Å². The molecule has 1 aromatic carbocycles. The molecule has 0 aliphatic rings. The van der Waals surface area contributed by atoms with E-state index in [0.717, 1.165) is 12.3 Å². The Hall–Kier alpha value is -2.64. The minimum atomic E-state index is -1.36. The number of benzene rings is 1. The van der Waals surface area contributed by atoms with Gasteiger partial charge in [-0.25, -0.2) is 27.9 Å². The Morgan fingerprint density at radius 2 is 2.00 bits per heavy atom. The van der Waals surface area contributed by atoms with Crippen LogP contribution in [0.2, 0.25) is 0 Å². The van der Waals surface area contributed by atoms with Crippen LogP contribution in [-0.2, 0) is 0 Å². The molecule has 0 spiro atoms. The average molecular weight is 283 g/mol. The van der Waals surface area contributed by atoms with Crippen LogP contribution in [0.3, 0.4) is 0 Å². The highest BCUT2D eigenvalue weighted by Crippen LogP contribution is 2.22. The number of nitrogens with zero attached hydrogens (tertiary/aromatic N) is 2. The van der Waals surface area contributed by atoms with Crippen molar-refractivity contribution in [3.8, 4) is 0 Å². The Kier molecular flexibility index (Phi) is 3.55. The number of aromatic nitrogens is 2. The minimum absolute atomic E-state index is 0.124. The zero-order chi connectivity index (χ0) is 14.9. The molecule has 20 heavy (non-hydrogen) atoms. The van der Waals surface area contributed by atoms with Crippen LogP contribution in [0.15, 0.2) is 18.3 Å². The molecule has 8 heteroatoms. The monoisotopic (exact) mass is 283 g/mol. The predicted octanol–water partition coefficient (Wildman–Crippen LogP) is 2.64. The summed E-state index contributed by atoms with van der Waals surface area (Å²) in [5.74, 6) is -4.99. The van der Waals surface area contributed by atoms with E-state index in [9.17, 15) is 18.0 Å². The number of hydrogen-bond acceptors (Lipinski definition) is 4. The van der Waals surface area contributed by atoms with Gasteiger partial charge >= 0.3 is 5.97 Å². The molecule has 0 bridgehead atoms. The number of aryl methyl sites for hydroxylation is 1. The molecule has 2 aromatic rings. The first-order valence-corrected chi connectivity index (χ1v) is 5.37. The number of rotatable bonds is 3. The highest BCUT2D eigenvalue weighted by Gasteiger charge is 2.14. The summed E-state index contributed by atoms with van der Waals surface area (Å²) in [5.41, 5.74) is -0.473. The van der Waals surface area contributed by atoms with Crippen molar-refractivity contribution in [3.63, 3.8) is 0 Å². The van der Waals surface area contributed by atoms with Crippen molar-refractivity contribution in [1.29, 1.82) is 0 Å². The van der Waals surface area contributed by atoms with Crippen molar-refractivity contribution in [2.45, 2.75) is 6.92 Å². The molecule has 2 rings (SSSR count). The van der Waals surface area contributed by atoms with Crippen LogP contribution < -0.4 is 5.32 Å². The van der Waals surface area contributed by atoms with Crippen LogP contribution in [0.1, 0.15) is 16.1 Å². The van der Waals surface area contributed by atoms with Crippen molar-refractivity contribution in [2.24, 2.45) is 0 Å². The zero-order valence-electron chi connectivity index (χ0n) is 10.1. The van der Waals surface area contributed by atoms with E-state index < -0.39 is 29.1 Å². The lowest BCUT2D eigenvalue weighted by Crippen LogP contribution is -2.07. The largest absolute Gasteiger partial charge is 0.478 e. The molecule has 0 amide bonds. The van der Waals surface area contributed by atoms with E-state index >= 15 is 0 Å². The zero-order valence-corrected chi connectivity index (χ0v) is 10.1. The number of anilines is 2. The Morgan fingerprint density at radius 3 is 2.60 bits per heavy atom. The Balaban J connectivity index is 2.36. The first kappa shape index (κ1) is 13.8. The molecular weight excluding hydrogens is 275 g/mol. The molecule has 2 N–H and O–H groups in total. The molecule has 0 aliphatic carbocycles. The Labute approximate surface area is 111 Å². The maximum Gasteiger partial charge on any atom is 0.339 e. The highest BCUT2D eigenvalue weighted by atomic mass is 19.2. The lowest BCUT2D eigenvalue weighted by molar-refractivity contribution is 0.0695. The fourth-order valence-electron chi connectivity index (χ4n) is 1.50. The quantitative estimate of drug-likeness (QED) is 0.847. The number of nitrogens with one attached hydrogen (secondary N) is 1. The first-order valence-electron chi connectivity index (χ1n) is 5.37. The summed E-state index contributed by atoms with van der Waals surface area (Å²) in [6.45, 7) is 1.42. The third kappa shape index (κ3) is 2.68. The van der Waals surface area contributed by atoms with E-state index in [1.807, 2.05) is 0 Å². The standard InChI is InChI=1S/C12H8F3N3O2/c1-5-7(11(19)20)4-16-12(17-5)18-9-3-6(13)2-8(14)10(9)15/h2-4H,1H3,(H,19,20)(H,16,17,18). The van der Waals surface area contributed by atoms with E-state index in [4.69, 9.17) is 5.11 Å². The lowest BCUT2D eigenvalue weighted by Gasteiger charge is -2.08. The molecule has 0 saturated carbocycles. The molecule has 0 radical (unpaired) electrons. The van der Waals surface area contributed by atoms with Crippen molar-refractivity contribution < 1.29 is 23.1 Å². The molecule has 0 unspecified atom stereocenters. The molecule has 5 nitrogen and oxygen atoms in total. The van der Waals surface area contributed by atoms with Gasteiger partial charge in [0.25, 0.3) is 0 Å². The topological polar surface area (TPSA) is 75.1 Å². The normalized spacial score (nSPS) is 10.4. The van der Waals surface area contributed by atoms with Gasteiger partial charge in [0.1, 0.15) is 5.82 Å². The van der Waals surface area contributed by atoms with Gasteiger partial charge in [0.2, 0.25) is 5.95 Å². The second-order valence-electron chi connectivity index (χ2n) is 3.87. The van der Waals surface area contributed by atoms with E-state index in [2.05, 4.69) is 15.3 Å². The third-order valence-corrected chi connectivity index (χ3v) is 2.45. The van der Waals surface area contributed by atoms with Gasteiger partial charge in [-0.1, -0.05) is 0 Å². The average Bonchev–Trinajstić information content (AvgIpc) is 2.35. The summed E-state index contributed by atoms with van der Waals surface area (Å²) in [5, 5.41) is 11.1. The van der Waals surface area contributed by atoms with Crippen LogP contribution in [0.5, 0.6) is 0 Å². The molecule has 0 saturated heterocycles. The van der Waals surface area contributed by atoms with Crippen LogP contribution in [0.4, 0.5) is 24.8 Å². The smallest absolute Gasteiger partial charge is 0.339 e. The Bertz CT molecular complexity index is 692. The number of hydrogen-bond donors (Lipinski definition) is 2. The second-order valence-corrected chi connectivity index (χ2v) is 3.87. The van der Waals surface area contributed by atoms with Gasteiger partial charge in [-0.2, -0.15) is 0 Å². The highest BCUT2D eigenvalue weighted by molar-refractivity contribution is 5.88. The number of aromatic carboxylic acids is 1.